The number of nitrogen functional groups attached to an aromatic ring is 1. The number of hydrogen-bond acceptors (Lipinski definition) is 3. The van der Waals surface area contributed by atoms with Gasteiger partial charge in [-0.2, -0.15) is 0 Å². The maximum absolute atomic E-state index is 12.0. The minimum absolute atomic E-state index is 0.0721. The molecule has 4 heteroatoms. The molecule has 0 aliphatic heterocycles. The Kier molecular flexibility index (Phi) is 5.19. The van der Waals surface area contributed by atoms with Crippen molar-refractivity contribution in [3.63, 3.8) is 0 Å². The molecule has 0 saturated heterocycles. The van der Waals surface area contributed by atoms with E-state index in [1.807, 2.05) is 6.07 Å². The number of amides is 1. The lowest BCUT2D eigenvalue weighted by atomic mass is 9.96. The van der Waals surface area contributed by atoms with Gasteiger partial charge in [0.2, 0.25) is 5.91 Å². The summed E-state index contributed by atoms with van der Waals surface area (Å²) in [6.45, 7) is 0. The summed E-state index contributed by atoms with van der Waals surface area (Å²) in [6, 6.07) is 3.94. The second-order valence-electron chi connectivity index (χ2n) is 5.37. The van der Waals surface area contributed by atoms with Crippen LogP contribution in [0.15, 0.2) is 18.3 Å². The molecule has 19 heavy (non-hydrogen) atoms. The highest BCUT2D eigenvalue weighted by Crippen LogP contribution is 2.17. The molecular weight excluding hydrogens is 238 g/mol. The van der Waals surface area contributed by atoms with Crippen LogP contribution in [-0.2, 0) is 11.2 Å². The van der Waals surface area contributed by atoms with Crippen LogP contribution in [0.5, 0.6) is 0 Å². The number of aromatic nitrogens is 1. The van der Waals surface area contributed by atoms with Crippen molar-refractivity contribution in [1.82, 2.24) is 10.3 Å². The number of nitrogens with zero attached hydrogens (tertiary/aromatic N) is 1. The van der Waals surface area contributed by atoms with Crippen molar-refractivity contribution in [3.8, 4) is 0 Å². The molecule has 1 aliphatic rings. The van der Waals surface area contributed by atoms with E-state index in [0.717, 1.165) is 18.5 Å². The third-order valence-electron chi connectivity index (χ3n) is 3.66. The first kappa shape index (κ1) is 13.8. The Labute approximate surface area is 114 Å². The number of hydrogen-bond donors (Lipinski definition) is 2. The van der Waals surface area contributed by atoms with E-state index >= 15 is 0 Å². The fourth-order valence-electron chi connectivity index (χ4n) is 2.58. The molecule has 2 rings (SSSR count). The van der Waals surface area contributed by atoms with Crippen LogP contribution < -0.4 is 11.1 Å². The summed E-state index contributed by atoms with van der Waals surface area (Å²) < 4.78 is 0. The van der Waals surface area contributed by atoms with Crippen molar-refractivity contribution >= 4 is 11.6 Å². The van der Waals surface area contributed by atoms with Gasteiger partial charge in [0, 0.05) is 11.7 Å². The number of carbonyl (C=O) groups is 1. The smallest absolute Gasteiger partial charge is 0.226 e. The Morgan fingerprint density at radius 1 is 1.21 bits per heavy atom. The molecule has 4 nitrogen and oxygen atoms in total. The minimum Gasteiger partial charge on any atom is -0.397 e. The minimum atomic E-state index is 0.0721. The second-order valence-corrected chi connectivity index (χ2v) is 5.37. The Hall–Kier alpha value is -1.58. The first-order valence-electron chi connectivity index (χ1n) is 7.24. The number of pyridine rings is 1. The lowest BCUT2D eigenvalue weighted by molar-refractivity contribution is -0.121. The maximum Gasteiger partial charge on any atom is 0.226 e. The van der Waals surface area contributed by atoms with E-state index in [1.54, 1.807) is 12.3 Å². The molecule has 3 N–H and O–H groups in total. The van der Waals surface area contributed by atoms with Gasteiger partial charge in [0.15, 0.2) is 0 Å². The zero-order valence-electron chi connectivity index (χ0n) is 11.4. The van der Waals surface area contributed by atoms with Crippen LogP contribution in [0.3, 0.4) is 0 Å². The maximum atomic E-state index is 12.0. The fourth-order valence-corrected chi connectivity index (χ4v) is 2.58. The normalized spacial score (nSPS) is 17.5. The van der Waals surface area contributed by atoms with Gasteiger partial charge >= 0.3 is 0 Å². The van der Waals surface area contributed by atoms with Crippen LogP contribution in [0.25, 0.3) is 0 Å². The predicted molar refractivity (Wildman–Crippen MR) is 76.6 cm³/mol. The van der Waals surface area contributed by atoms with Gasteiger partial charge in [-0.3, -0.25) is 9.78 Å². The average molecular weight is 261 g/mol. The van der Waals surface area contributed by atoms with Gasteiger partial charge in [0.25, 0.3) is 0 Å². The molecule has 1 heterocycles. The molecule has 0 radical (unpaired) electrons. The first-order valence-corrected chi connectivity index (χ1v) is 7.24. The SMILES string of the molecule is Nc1ccc(CC(=O)NC2CCCCCCC2)nc1. The molecule has 1 fully saturated rings. The third-order valence-corrected chi connectivity index (χ3v) is 3.66. The highest BCUT2D eigenvalue weighted by atomic mass is 16.1. The zero-order valence-corrected chi connectivity index (χ0v) is 11.4. The zero-order chi connectivity index (χ0) is 13.5. The fraction of sp³-hybridized carbons (Fsp3) is 0.600. The van der Waals surface area contributed by atoms with Gasteiger partial charge < -0.3 is 11.1 Å². The summed E-state index contributed by atoms with van der Waals surface area (Å²) >= 11 is 0. The van der Waals surface area contributed by atoms with Crippen LogP contribution in [-0.4, -0.2) is 16.9 Å². The van der Waals surface area contributed by atoms with Crippen molar-refractivity contribution in [2.75, 3.05) is 5.73 Å². The molecule has 1 amide bonds. The van der Waals surface area contributed by atoms with Gasteiger partial charge in [-0.1, -0.05) is 32.1 Å². The summed E-state index contributed by atoms with van der Waals surface area (Å²) in [5.41, 5.74) is 6.98. The standard InChI is InChI=1S/C15H23N3O/c16-12-8-9-14(17-11-12)10-15(19)18-13-6-4-2-1-3-5-7-13/h8-9,11,13H,1-7,10,16H2,(H,18,19). The van der Waals surface area contributed by atoms with E-state index in [4.69, 9.17) is 5.73 Å². The van der Waals surface area contributed by atoms with E-state index < -0.39 is 0 Å². The highest BCUT2D eigenvalue weighted by Gasteiger charge is 2.14. The molecule has 0 unspecified atom stereocenters. The molecule has 0 spiro atoms. The number of carbonyl (C=O) groups excluding carboxylic acids is 1. The summed E-state index contributed by atoms with van der Waals surface area (Å²) in [7, 11) is 0. The van der Waals surface area contributed by atoms with Crippen LogP contribution in [0.1, 0.15) is 50.6 Å². The molecular formula is C15H23N3O. The Morgan fingerprint density at radius 3 is 2.53 bits per heavy atom. The summed E-state index contributed by atoms with van der Waals surface area (Å²) in [5.74, 6) is 0.0721. The lowest BCUT2D eigenvalue weighted by Crippen LogP contribution is -2.36. The van der Waals surface area contributed by atoms with Gasteiger partial charge in [0.1, 0.15) is 0 Å². The van der Waals surface area contributed by atoms with Crippen LogP contribution in [0, 0.1) is 0 Å². The van der Waals surface area contributed by atoms with Crippen LogP contribution in [0.2, 0.25) is 0 Å². The number of nitrogens with two attached hydrogens (primary N) is 1. The van der Waals surface area contributed by atoms with Crippen LogP contribution in [0.4, 0.5) is 5.69 Å². The lowest BCUT2D eigenvalue weighted by Gasteiger charge is -2.20. The molecule has 1 aliphatic carbocycles. The Balaban J connectivity index is 1.80. The van der Waals surface area contributed by atoms with Crippen molar-refractivity contribution in [2.24, 2.45) is 0 Å². The van der Waals surface area contributed by atoms with E-state index in [2.05, 4.69) is 10.3 Å². The molecule has 1 aromatic heterocycles. The molecule has 1 saturated carbocycles. The number of anilines is 1. The third kappa shape index (κ3) is 4.89. The highest BCUT2D eigenvalue weighted by molar-refractivity contribution is 5.78. The topological polar surface area (TPSA) is 68.0 Å². The van der Waals surface area contributed by atoms with Crippen molar-refractivity contribution in [1.29, 1.82) is 0 Å². The predicted octanol–water partition coefficient (Wildman–Crippen LogP) is 2.44. The van der Waals surface area contributed by atoms with Gasteiger partial charge in [0.05, 0.1) is 18.3 Å². The van der Waals surface area contributed by atoms with Gasteiger partial charge in [-0.15, -0.1) is 0 Å². The van der Waals surface area contributed by atoms with Gasteiger partial charge in [-0.05, 0) is 25.0 Å². The number of nitrogens with one attached hydrogen (secondary N) is 1. The van der Waals surface area contributed by atoms with Crippen molar-refractivity contribution in [2.45, 2.75) is 57.4 Å². The first-order chi connectivity index (χ1) is 9.24. The summed E-state index contributed by atoms with van der Waals surface area (Å²) in [5, 5.41) is 3.14. The molecule has 0 atom stereocenters. The van der Waals surface area contributed by atoms with E-state index in [0.29, 0.717) is 18.2 Å². The quantitative estimate of drug-likeness (QED) is 0.878. The number of rotatable bonds is 3. The Bertz CT molecular complexity index is 394. The van der Waals surface area contributed by atoms with E-state index in [1.165, 1.54) is 32.1 Å². The molecule has 0 aromatic carbocycles. The van der Waals surface area contributed by atoms with Crippen LogP contribution >= 0.6 is 0 Å². The molecule has 1 aromatic rings. The molecule has 0 bridgehead atoms. The van der Waals surface area contributed by atoms with Crippen molar-refractivity contribution < 1.29 is 4.79 Å². The molecule has 104 valence electrons. The monoisotopic (exact) mass is 261 g/mol. The van der Waals surface area contributed by atoms with Gasteiger partial charge in [-0.25, -0.2) is 0 Å². The summed E-state index contributed by atoms with van der Waals surface area (Å²) in [4.78, 5) is 16.1. The van der Waals surface area contributed by atoms with E-state index in [9.17, 15) is 4.79 Å². The average Bonchev–Trinajstić information content (AvgIpc) is 2.35. The largest absolute Gasteiger partial charge is 0.397 e. The van der Waals surface area contributed by atoms with E-state index in [-0.39, 0.29) is 5.91 Å². The summed E-state index contributed by atoms with van der Waals surface area (Å²) in [6.07, 6.45) is 10.6. The Morgan fingerprint density at radius 2 is 1.89 bits per heavy atom. The van der Waals surface area contributed by atoms with Crippen molar-refractivity contribution in [3.05, 3.63) is 24.0 Å². The second kappa shape index (κ2) is 7.12.